The van der Waals surface area contributed by atoms with E-state index in [1.807, 2.05) is 12.1 Å². The molecule has 1 aromatic heterocycles. The molecule has 160 valence electrons. The van der Waals surface area contributed by atoms with Crippen molar-refractivity contribution < 1.29 is 22.4 Å². The first kappa shape index (κ1) is 20.6. The van der Waals surface area contributed by atoms with E-state index in [2.05, 4.69) is 10.2 Å². The molecule has 2 aromatic rings. The highest BCUT2D eigenvalue weighted by Crippen LogP contribution is 2.28. The number of likely N-dealkylation sites (tertiary alicyclic amines) is 1. The summed E-state index contributed by atoms with van der Waals surface area (Å²) in [6.45, 7) is 3.93. The standard InChI is InChI=1S/C21H25N3O5S/c1-15-14-30(27,28)24(21(15)26)17-8-6-16(7-9-17)20(25)22-13-18(19-5-4-12-29-19)23-10-2-3-11-23/h4-9,12,15,18H,2-3,10-11,13-14H2,1H3,(H,22,25). The summed E-state index contributed by atoms with van der Waals surface area (Å²) in [4.78, 5) is 27.2. The van der Waals surface area contributed by atoms with Gasteiger partial charge in [0.2, 0.25) is 15.9 Å². The Labute approximate surface area is 175 Å². The van der Waals surface area contributed by atoms with E-state index in [0.29, 0.717) is 12.1 Å². The highest BCUT2D eigenvalue weighted by Gasteiger charge is 2.41. The summed E-state index contributed by atoms with van der Waals surface area (Å²) in [6, 6.07) is 9.79. The van der Waals surface area contributed by atoms with Crippen molar-refractivity contribution in [3.63, 3.8) is 0 Å². The van der Waals surface area contributed by atoms with Crippen molar-refractivity contribution >= 4 is 27.5 Å². The van der Waals surface area contributed by atoms with E-state index in [1.165, 1.54) is 24.3 Å². The smallest absolute Gasteiger partial charge is 0.251 e. The number of hydrogen-bond donors (Lipinski definition) is 1. The number of furan rings is 1. The molecular formula is C21H25N3O5S. The van der Waals surface area contributed by atoms with E-state index in [0.717, 1.165) is 36.0 Å². The fraction of sp³-hybridized carbons (Fsp3) is 0.429. The number of sulfonamides is 1. The summed E-state index contributed by atoms with van der Waals surface area (Å²) < 4.78 is 30.9. The molecule has 2 aliphatic heterocycles. The molecule has 2 saturated heterocycles. The van der Waals surface area contributed by atoms with Gasteiger partial charge in [-0.15, -0.1) is 0 Å². The van der Waals surface area contributed by atoms with Crippen LogP contribution in [0.5, 0.6) is 0 Å². The molecule has 2 atom stereocenters. The molecule has 0 saturated carbocycles. The van der Waals surface area contributed by atoms with E-state index in [4.69, 9.17) is 4.42 Å². The second-order valence-corrected chi connectivity index (χ2v) is 9.68. The van der Waals surface area contributed by atoms with Crippen molar-refractivity contribution in [1.29, 1.82) is 0 Å². The third-order valence-electron chi connectivity index (χ3n) is 5.63. The zero-order chi connectivity index (χ0) is 21.3. The van der Waals surface area contributed by atoms with Crippen LogP contribution < -0.4 is 9.62 Å². The Bertz CT molecular complexity index is 1010. The van der Waals surface area contributed by atoms with Gasteiger partial charge in [-0.3, -0.25) is 14.5 Å². The molecule has 3 heterocycles. The minimum absolute atomic E-state index is 0.0282. The molecule has 1 N–H and O–H groups in total. The quantitative estimate of drug-likeness (QED) is 0.752. The van der Waals surface area contributed by atoms with Crippen molar-refractivity contribution in [1.82, 2.24) is 10.2 Å². The van der Waals surface area contributed by atoms with Gasteiger partial charge < -0.3 is 9.73 Å². The Balaban J connectivity index is 1.44. The summed E-state index contributed by atoms with van der Waals surface area (Å²) in [5.74, 6) is -0.652. The molecule has 4 rings (SSSR count). The van der Waals surface area contributed by atoms with Gasteiger partial charge in [0.05, 0.1) is 29.7 Å². The molecule has 0 spiro atoms. The zero-order valence-electron chi connectivity index (χ0n) is 16.8. The monoisotopic (exact) mass is 431 g/mol. The molecule has 2 unspecified atom stereocenters. The van der Waals surface area contributed by atoms with Crippen molar-refractivity contribution in [3.05, 3.63) is 54.0 Å². The van der Waals surface area contributed by atoms with E-state index < -0.39 is 21.8 Å². The van der Waals surface area contributed by atoms with Gasteiger partial charge in [0.15, 0.2) is 0 Å². The predicted molar refractivity (Wildman–Crippen MR) is 111 cm³/mol. The lowest BCUT2D eigenvalue weighted by molar-refractivity contribution is -0.119. The van der Waals surface area contributed by atoms with Crippen molar-refractivity contribution in [2.24, 2.45) is 5.92 Å². The maximum atomic E-state index is 12.7. The molecule has 0 radical (unpaired) electrons. The second-order valence-electron chi connectivity index (χ2n) is 7.81. The average Bonchev–Trinajstić information content (AvgIpc) is 3.45. The summed E-state index contributed by atoms with van der Waals surface area (Å²) >= 11 is 0. The molecule has 8 nitrogen and oxygen atoms in total. The summed E-state index contributed by atoms with van der Waals surface area (Å²) in [5, 5.41) is 2.95. The normalized spacial score (nSPS) is 22.4. The van der Waals surface area contributed by atoms with Crippen LogP contribution in [0.2, 0.25) is 0 Å². The van der Waals surface area contributed by atoms with E-state index in [-0.39, 0.29) is 23.4 Å². The van der Waals surface area contributed by atoms with Crippen molar-refractivity contribution in [3.8, 4) is 0 Å². The lowest BCUT2D eigenvalue weighted by atomic mass is 10.1. The summed E-state index contributed by atoms with van der Waals surface area (Å²) in [5.41, 5.74) is 0.655. The third kappa shape index (κ3) is 3.99. The number of benzene rings is 1. The molecule has 30 heavy (non-hydrogen) atoms. The molecule has 1 aromatic carbocycles. The van der Waals surface area contributed by atoms with Gasteiger partial charge in [-0.05, 0) is 62.3 Å². The second kappa shape index (κ2) is 8.23. The maximum Gasteiger partial charge on any atom is 0.251 e. The number of nitrogens with one attached hydrogen (secondary N) is 1. The van der Waals surface area contributed by atoms with Crippen LogP contribution in [0, 0.1) is 5.92 Å². The largest absolute Gasteiger partial charge is 0.468 e. The maximum absolute atomic E-state index is 12.7. The zero-order valence-corrected chi connectivity index (χ0v) is 17.6. The Morgan fingerprint density at radius 1 is 1.20 bits per heavy atom. The lowest BCUT2D eigenvalue weighted by Gasteiger charge is -2.26. The van der Waals surface area contributed by atoms with Crippen LogP contribution in [0.25, 0.3) is 0 Å². The van der Waals surface area contributed by atoms with Crippen LogP contribution in [0.4, 0.5) is 5.69 Å². The van der Waals surface area contributed by atoms with E-state index in [9.17, 15) is 18.0 Å². The number of carbonyl (C=O) groups excluding carboxylic acids is 2. The van der Waals surface area contributed by atoms with Gasteiger partial charge >= 0.3 is 0 Å². The third-order valence-corrected chi connectivity index (χ3v) is 7.50. The molecule has 2 amide bonds. The molecule has 0 bridgehead atoms. The number of anilines is 1. The first-order valence-corrected chi connectivity index (χ1v) is 11.7. The molecule has 9 heteroatoms. The van der Waals surface area contributed by atoms with Crippen molar-refractivity contribution in [2.75, 3.05) is 29.7 Å². The fourth-order valence-corrected chi connectivity index (χ4v) is 5.89. The predicted octanol–water partition coefficient (Wildman–Crippen LogP) is 2.16. The summed E-state index contributed by atoms with van der Waals surface area (Å²) in [6.07, 6.45) is 3.89. The number of carbonyl (C=O) groups is 2. The first-order chi connectivity index (χ1) is 14.4. The Morgan fingerprint density at radius 3 is 2.47 bits per heavy atom. The Hall–Kier alpha value is -2.65. The van der Waals surface area contributed by atoms with Crippen LogP contribution in [-0.4, -0.2) is 50.5 Å². The van der Waals surface area contributed by atoms with Crippen LogP contribution in [0.15, 0.2) is 47.1 Å². The van der Waals surface area contributed by atoms with Crippen LogP contribution in [0.3, 0.4) is 0 Å². The topological polar surface area (TPSA) is 99.9 Å². The van der Waals surface area contributed by atoms with E-state index >= 15 is 0 Å². The van der Waals surface area contributed by atoms with Gasteiger partial charge in [0.1, 0.15) is 5.76 Å². The highest BCUT2D eigenvalue weighted by atomic mass is 32.2. The Kier molecular flexibility index (Phi) is 5.66. The lowest BCUT2D eigenvalue weighted by Crippen LogP contribution is -2.36. The fourth-order valence-electron chi connectivity index (χ4n) is 4.07. The first-order valence-electron chi connectivity index (χ1n) is 10.1. The minimum Gasteiger partial charge on any atom is -0.468 e. The SMILES string of the molecule is CC1CS(=O)(=O)N(c2ccc(C(=O)NCC(c3ccco3)N3CCCC3)cc2)C1=O. The molecule has 2 aliphatic rings. The number of nitrogens with zero attached hydrogens (tertiary/aromatic N) is 2. The number of hydrogen-bond acceptors (Lipinski definition) is 6. The molecular weight excluding hydrogens is 406 g/mol. The van der Waals surface area contributed by atoms with Crippen LogP contribution in [-0.2, 0) is 14.8 Å². The number of rotatable bonds is 6. The van der Waals surface area contributed by atoms with Crippen molar-refractivity contribution in [2.45, 2.75) is 25.8 Å². The number of amides is 2. The van der Waals surface area contributed by atoms with Crippen LogP contribution >= 0.6 is 0 Å². The van der Waals surface area contributed by atoms with Crippen LogP contribution in [0.1, 0.15) is 41.9 Å². The van der Waals surface area contributed by atoms with Gasteiger partial charge in [0, 0.05) is 12.1 Å². The highest BCUT2D eigenvalue weighted by molar-refractivity contribution is 7.94. The molecule has 2 fully saturated rings. The van der Waals surface area contributed by atoms with Gasteiger partial charge in [-0.25, -0.2) is 12.7 Å². The average molecular weight is 432 g/mol. The molecule has 0 aliphatic carbocycles. The van der Waals surface area contributed by atoms with Gasteiger partial charge in [-0.1, -0.05) is 6.92 Å². The minimum atomic E-state index is -3.66. The van der Waals surface area contributed by atoms with E-state index in [1.54, 1.807) is 13.2 Å². The summed E-state index contributed by atoms with van der Waals surface area (Å²) in [7, 11) is -3.66. The van der Waals surface area contributed by atoms with Gasteiger partial charge in [-0.2, -0.15) is 0 Å². The Morgan fingerprint density at radius 2 is 1.90 bits per heavy atom. The van der Waals surface area contributed by atoms with Gasteiger partial charge in [0.25, 0.3) is 5.91 Å².